The van der Waals surface area contributed by atoms with Gasteiger partial charge in [-0.1, -0.05) is 56.3 Å². The molecular formula is C39H37IrN3OS-2. The quantitative estimate of drug-likeness (QED) is 0.167. The molecule has 2 aromatic carbocycles. The van der Waals surface area contributed by atoms with Crippen molar-refractivity contribution >= 4 is 43.5 Å². The molecule has 0 saturated heterocycles. The number of fused-ring (bicyclic) bond motifs is 4. The van der Waals surface area contributed by atoms with Gasteiger partial charge in [0, 0.05) is 61.3 Å². The SMILES string of the molecule is Cc1c[c-]c(-c2cc(C)c(C)cn2)cc1.[2H]C([2H])(c1sc2cc(-c3[c-]ccc4c3oc3nc(C)ccc34)ncc2c1C)C(C)(C)C.[Ir]. The van der Waals surface area contributed by atoms with Crippen LogP contribution in [-0.2, 0) is 26.5 Å². The second-order valence-electron chi connectivity index (χ2n) is 12.4. The monoisotopic (exact) mass is 790 g/mol. The molecule has 0 aliphatic carbocycles. The van der Waals surface area contributed by atoms with Crippen molar-refractivity contribution in [2.45, 2.75) is 61.8 Å². The molecule has 0 bridgehead atoms. The summed E-state index contributed by atoms with van der Waals surface area (Å²) in [5, 5.41) is 2.96. The molecule has 0 saturated carbocycles. The van der Waals surface area contributed by atoms with Crippen molar-refractivity contribution < 1.29 is 27.3 Å². The number of aryl methyl sites for hydroxylation is 5. The minimum atomic E-state index is -1.44. The zero-order valence-electron chi connectivity index (χ0n) is 28.8. The van der Waals surface area contributed by atoms with Crippen molar-refractivity contribution in [1.82, 2.24) is 15.0 Å². The van der Waals surface area contributed by atoms with E-state index in [9.17, 15) is 0 Å². The van der Waals surface area contributed by atoms with Gasteiger partial charge in [0.2, 0.25) is 5.71 Å². The molecule has 231 valence electrons. The van der Waals surface area contributed by atoms with Crippen molar-refractivity contribution in [2.75, 3.05) is 0 Å². The fourth-order valence-corrected chi connectivity index (χ4v) is 6.37. The summed E-state index contributed by atoms with van der Waals surface area (Å²) in [6, 6.07) is 24.7. The molecule has 0 fully saturated rings. The Morgan fingerprint density at radius 1 is 0.844 bits per heavy atom. The summed E-state index contributed by atoms with van der Waals surface area (Å²) in [6.45, 7) is 16.0. The maximum absolute atomic E-state index is 8.73. The Balaban J connectivity index is 0.000000228. The Morgan fingerprint density at radius 3 is 2.33 bits per heavy atom. The van der Waals surface area contributed by atoms with Gasteiger partial charge in [-0.15, -0.1) is 64.9 Å². The third-order valence-electron chi connectivity index (χ3n) is 7.62. The van der Waals surface area contributed by atoms with E-state index in [0.717, 1.165) is 65.1 Å². The Labute approximate surface area is 286 Å². The summed E-state index contributed by atoms with van der Waals surface area (Å²) in [5.74, 6) is 0. The van der Waals surface area contributed by atoms with Crippen molar-refractivity contribution in [3.63, 3.8) is 0 Å². The molecule has 4 nitrogen and oxygen atoms in total. The van der Waals surface area contributed by atoms with Gasteiger partial charge >= 0.3 is 0 Å². The van der Waals surface area contributed by atoms with Crippen LogP contribution < -0.4 is 0 Å². The van der Waals surface area contributed by atoms with E-state index in [1.165, 1.54) is 28.0 Å². The van der Waals surface area contributed by atoms with Crippen LogP contribution in [0.4, 0.5) is 0 Å². The van der Waals surface area contributed by atoms with Gasteiger partial charge < -0.3 is 14.4 Å². The first-order valence-electron chi connectivity index (χ1n) is 15.8. The first-order chi connectivity index (χ1) is 21.7. The molecule has 0 aliphatic heterocycles. The van der Waals surface area contributed by atoms with Crippen LogP contribution in [0, 0.1) is 52.2 Å². The predicted octanol–water partition coefficient (Wildman–Crippen LogP) is 10.7. The maximum Gasteiger partial charge on any atom is 0.216 e. The predicted molar refractivity (Wildman–Crippen MR) is 184 cm³/mol. The van der Waals surface area contributed by atoms with Crippen molar-refractivity contribution in [1.29, 1.82) is 0 Å². The number of pyridine rings is 3. The zero-order chi connectivity index (χ0) is 33.0. The number of hydrogen-bond acceptors (Lipinski definition) is 5. The Hall–Kier alpha value is -3.70. The second kappa shape index (κ2) is 13.0. The first kappa shape index (κ1) is 30.0. The van der Waals surface area contributed by atoms with E-state index in [4.69, 9.17) is 12.1 Å². The van der Waals surface area contributed by atoms with Crippen LogP contribution in [0.5, 0.6) is 0 Å². The molecule has 5 aromatic heterocycles. The third-order valence-corrected chi connectivity index (χ3v) is 8.79. The van der Waals surface area contributed by atoms with E-state index in [-0.39, 0.29) is 20.1 Å². The topological polar surface area (TPSA) is 51.8 Å². The number of nitrogens with zero attached hydrogens (tertiary/aromatic N) is 3. The van der Waals surface area contributed by atoms with Crippen LogP contribution >= 0.6 is 11.3 Å². The number of hydrogen-bond donors (Lipinski definition) is 0. The van der Waals surface area contributed by atoms with Gasteiger partial charge in [-0.3, -0.25) is 0 Å². The Morgan fingerprint density at radius 2 is 1.62 bits per heavy atom. The number of rotatable bonds is 3. The van der Waals surface area contributed by atoms with Gasteiger partial charge in [0.15, 0.2) is 0 Å². The summed E-state index contributed by atoms with van der Waals surface area (Å²) in [4.78, 5) is 14.4. The molecule has 0 aliphatic rings. The summed E-state index contributed by atoms with van der Waals surface area (Å²) in [6.07, 6.45) is 2.32. The van der Waals surface area contributed by atoms with Crippen LogP contribution in [0.2, 0.25) is 0 Å². The van der Waals surface area contributed by atoms with E-state index >= 15 is 0 Å². The minimum absolute atomic E-state index is 0. The van der Waals surface area contributed by atoms with Crippen LogP contribution in [0.15, 0.2) is 71.4 Å². The van der Waals surface area contributed by atoms with E-state index in [0.29, 0.717) is 5.71 Å². The van der Waals surface area contributed by atoms with E-state index < -0.39 is 11.8 Å². The normalized spacial score (nSPS) is 12.4. The average molecular weight is 790 g/mol. The average Bonchev–Trinajstić information content (AvgIpc) is 3.55. The van der Waals surface area contributed by atoms with Crippen molar-refractivity contribution in [3.05, 3.63) is 112 Å². The molecule has 7 aromatic rings. The van der Waals surface area contributed by atoms with Crippen LogP contribution in [-0.4, -0.2) is 15.0 Å². The fourth-order valence-electron chi connectivity index (χ4n) is 5.05. The molecule has 1 radical (unpaired) electrons. The van der Waals surface area contributed by atoms with Gasteiger partial charge in [-0.25, -0.2) is 4.98 Å². The maximum atomic E-state index is 8.73. The van der Waals surface area contributed by atoms with Crippen molar-refractivity contribution in [3.8, 4) is 22.5 Å². The first-order valence-corrected chi connectivity index (χ1v) is 15.6. The number of benzene rings is 2. The summed E-state index contributed by atoms with van der Waals surface area (Å²) < 4.78 is 24.6. The van der Waals surface area contributed by atoms with Crippen LogP contribution in [0.3, 0.4) is 0 Å². The summed E-state index contributed by atoms with van der Waals surface area (Å²) in [5.41, 5.74) is 10.0. The third kappa shape index (κ3) is 6.94. The molecule has 45 heavy (non-hydrogen) atoms. The fraction of sp³-hybridized carbons (Fsp3) is 0.256. The molecular weight excluding hydrogens is 751 g/mol. The van der Waals surface area contributed by atoms with Gasteiger partial charge in [0.1, 0.15) is 0 Å². The van der Waals surface area contributed by atoms with Gasteiger partial charge in [-0.05, 0) is 74.1 Å². The summed E-state index contributed by atoms with van der Waals surface area (Å²) >= 11 is 1.51. The number of furan rings is 1. The standard InChI is InChI=1S/C25H23N2OS.C14H14N.Ir/c1-14-9-10-17-16-7-6-8-18(23(16)28-24(17)27-14)20-11-21-19(13-26-20)15(2)22(29-21)12-25(3,4)5;1-10-4-6-13(7-5-10)14-8-11(2)12(3)9-15-14;/h6-7,9-11,13H,12H2,1-5H3;4-6,8-9H,1-3H3;/q2*-1;/i12D2;;. The van der Waals surface area contributed by atoms with Gasteiger partial charge in [0.25, 0.3) is 0 Å². The van der Waals surface area contributed by atoms with E-state index in [1.807, 2.05) is 83.4 Å². The van der Waals surface area contributed by atoms with E-state index in [2.05, 4.69) is 61.1 Å². The van der Waals surface area contributed by atoms with Gasteiger partial charge in [-0.2, -0.15) is 0 Å². The smallest absolute Gasteiger partial charge is 0.216 e. The zero-order valence-corrected chi connectivity index (χ0v) is 30.1. The molecule has 7 rings (SSSR count). The Kier molecular flexibility index (Phi) is 8.63. The van der Waals surface area contributed by atoms with Crippen LogP contribution in [0.1, 0.15) is 56.3 Å². The second-order valence-corrected chi connectivity index (χ2v) is 13.5. The largest absolute Gasteiger partial charge is 0.486 e. The number of thiophene rings is 1. The van der Waals surface area contributed by atoms with E-state index in [1.54, 1.807) is 0 Å². The molecule has 0 N–H and O–H groups in total. The molecule has 0 spiro atoms. The minimum Gasteiger partial charge on any atom is -0.486 e. The number of aromatic nitrogens is 3. The molecule has 0 unspecified atom stereocenters. The molecule has 6 heteroatoms. The summed E-state index contributed by atoms with van der Waals surface area (Å²) in [7, 11) is 0. The molecule has 0 atom stereocenters. The van der Waals surface area contributed by atoms with Crippen molar-refractivity contribution in [2.24, 2.45) is 5.41 Å². The molecule has 0 amide bonds. The molecule has 5 heterocycles. The van der Waals surface area contributed by atoms with Gasteiger partial charge in [0.05, 0.1) is 5.58 Å². The van der Waals surface area contributed by atoms with Crippen LogP contribution in [0.25, 0.3) is 54.7 Å². The Bertz CT molecular complexity index is 2230.